The van der Waals surface area contributed by atoms with E-state index in [9.17, 15) is 4.79 Å². The van der Waals surface area contributed by atoms with E-state index in [1.807, 2.05) is 0 Å². The Labute approximate surface area is 81.9 Å². The molecule has 2 N–H and O–H groups in total. The second-order valence-corrected chi connectivity index (χ2v) is 3.53. The fraction of sp³-hybridized carbons (Fsp3) is 0.556. The lowest BCUT2D eigenvalue weighted by Crippen LogP contribution is -2.35. The average molecular weight is 195 g/mol. The van der Waals surface area contributed by atoms with E-state index in [1.165, 1.54) is 0 Å². The lowest BCUT2D eigenvalue weighted by molar-refractivity contribution is 0.0882. The van der Waals surface area contributed by atoms with Gasteiger partial charge in [-0.3, -0.25) is 4.79 Å². The third-order valence-corrected chi connectivity index (χ3v) is 2.50. The zero-order chi connectivity index (χ0) is 10.1. The summed E-state index contributed by atoms with van der Waals surface area (Å²) < 4.78 is 6.85. The number of carbonyl (C=O) groups excluding carboxylic acids is 1. The average Bonchev–Trinajstić information content (AvgIpc) is 2.73. The number of imidazole rings is 1. The summed E-state index contributed by atoms with van der Waals surface area (Å²) >= 11 is 0. The summed E-state index contributed by atoms with van der Waals surface area (Å²) in [6.07, 6.45) is 3.35. The molecule has 0 bridgehead atoms. The van der Waals surface area contributed by atoms with Gasteiger partial charge in [0.25, 0.3) is 0 Å². The maximum Gasteiger partial charge on any atom is 0.205 e. The number of ketones is 1. The Morgan fingerprint density at radius 2 is 2.50 bits per heavy atom. The van der Waals surface area contributed by atoms with Gasteiger partial charge in [0.1, 0.15) is 0 Å². The SMILES string of the molecule is Cn1ccnc1C(=O)C1COCC1N. The number of Topliss-reactive ketones (excluding diaryl/α,β-unsaturated/α-hetero) is 1. The van der Waals surface area contributed by atoms with Crippen molar-refractivity contribution in [3.05, 3.63) is 18.2 Å². The van der Waals surface area contributed by atoms with Gasteiger partial charge in [-0.15, -0.1) is 0 Å². The fourth-order valence-corrected chi connectivity index (χ4v) is 1.61. The lowest BCUT2D eigenvalue weighted by Gasteiger charge is -2.10. The van der Waals surface area contributed by atoms with Crippen molar-refractivity contribution in [2.45, 2.75) is 6.04 Å². The van der Waals surface area contributed by atoms with Gasteiger partial charge in [0, 0.05) is 25.5 Å². The van der Waals surface area contributed by atoms with E-state index in [4.69, 9.17) is 10.5 Å². The normalized spacial score (nSPS) is 26.7. The van der Waals surface area contributed by atoms with Crippen LogP contribution in [0.1, 0.15) is 10.6 Å². The predicted molar refractivity (Wildman–Crippen MR) is 49.8 cm³/mol. The van der Waals surface area contributed by atoms with Crippen LogP contribution in [0.3, 0.4) is 0 Å². The number of aryl methyl sites for hydroxylation is 1. The molecule has 1 fully saturated rings. The van der Waals surface area contributed by atoms with Gasteiger partial charge in [0.05, 0.1) is 19.1 Å². The first-order chi connectivity index (χ1) is 6.70. The highest BCUT2D eigenvalue weighted by Gasteiger charge is 2.33. The topological polar surface area (TPSA) is 70.1 Å². The Hall–Kier alpha value is -1.20. The van der Waals surface area contributed by atoms with Crippen molar-refractivity contribution in [1.29, 1.82) is 0 Å². The molecule has 76 valence electrons. The van der Waals surface area contributed by atoms with Crippen LogP contribution in [0.2, 0.25) is 0 Å². The number of nitrogens with two attached hydrogens (primary N) is 1. The minimum absolute atomic E-state index is 0.0255. The maximum absolute atomic E-state index is 11.9. The van der Waals surface area contributed by atoms with Crippen molar-refractivity contribution < 1.29 is 9.53 Å². The van der Waals surface area contributed by atoms with E-state index in [-0.39, 0.29) is 17.7 Å². The molecule has 1 aliphatic heterocycles. The highest BCUT2D eigenvalue weighted by Crippen LogP contribution is 2.16. The fourth-order valence-electron chi connectivity index (χ4n) is 1.61. The van der Waals surface area contributed by atoms with E-state index in [2.05, 4.69) is 4.98 Å². The third kappa shape index (κ3) is 1.44. The Morgan fingerprint density at radius 3 is 3.00 bits per heavy atom. The Bertz CT molecular complexity index is 348. The minimum atomic E-state index is -0.240. The van der Waals surface area contributed by atoms with E-state index >= 15 is 0 Å². The van der Waals surface area contributed by atoms with Gasteiger partial charge in [-0.25, -0.2) is 4.98 Å². The van der Waals surface area contributed by atoms with Gasteiger partial charge in [-0.05, 0) is 0 Å². The number of hydrogen-bond donors (Lipinski definition) is 1. The molecular formula is C9H13N3O2. The molecule has 14 heavy (non-hydrogen) atoms. The highest BCUT2D eigenvalue weighted by atomic mass is 16.5. The van der Waals surface area contributed by atoms with Crippen LogP contribution in [0.5, 0.6) is 0 Å². The Morgan fingerprint density at radius 1 is 1.71 bits per heavy atom. The summed E-state index contributed by atoms with van der Waals surface area (Å²) in [5.74, 6) is 0.189. The zero-order valence-corrected chi connectivity index (χ0v) is 8.01. The number of rotatable bonds is 2. The zero-order valence-electron chi connectivity index (χ0n) is 8.01. The molecule has 0 saturated carbocycles. The predicted octanol–water partition coefficient (Wildman–Crippen LogP) is -0.424. The van der Waals surface area contributed by atoms with Crippen LogP contribution in [-0.4, -0.2) is 34.6 Å². The molecule has 0 aromatic carbocycles. The lowest BCUT2D eigenvalue weighted by atomic mass is 9.99. The van der Waals surface area contributed by atoms with Crippen LogP contribution in [0.25, 0.3) is 0 Å². The minimum Gasteiger partial charge on any atom is -0.379 e. The molecule has 2 rings (SSSR count). The van der Waals surface area contributed by atoms with Gasteiger partial charge in [0.15, 0.2) is 5.82 Å². The van der Waals surface area contributed by atoms with Crippen LogP contribution in [0, 0.1) is 5.92 Å². The molecule has 0 amide bonds. The first kappa shape index (κ1) is 9.36. The molecule has 5 nitrogen and oxygen atoms in total. The molecule has 1 saturated heterocycles. The van der Waals surface area contributed by atoms with E-state index in [0.29, 0.717) is 19.0 Å². The first-order valence-electron chi connectivity index (χ1n) is 4.55. The number of ether oxygens (including phenoxy) is 1. The second-order valence-electron chi connectivity index (χ2n) is 3.53. The van der Waals surface area contributed by atoms with Gasteiger partial charge in [-0.2, -0.15) is 0 Å². The summed E-state index contributed by atoms with van der Waals surface area (Å²) in [5.41, 5.74) is 5.75. The molecular weight excluding hydrogens is 182 g/mol. The van der Waals surface area contributed by atoms with Crippen molar-refractivity contribution in [3.8, 4) is 0 Å². The van der Waals surface area contributed by atoms with Crippen molar-refractivity contribution in [2.24, 2.45) is 18.7 Å². The molecule has 2 heterocycles. The van der Waals surface area contributed by atoms with Crippen LogP contribution in [-0.2, 0) is 11.8 Å². The highest BCUT2D eigenvalue weighted by molar-refractivity contribution is 5.95. The van der Waals surface area contributed by atoms with Gasteiger partial charge < -0.3 is 15.0 Å². The molecule has 0 radical (unpaired) electrons. The van der Waals surface area contributed by atoms with Crippen LogP contribution in [0.15, 0.2) is 12.4 Å². The number of hydrogen-bond acceptors (Lipinski definition) is 4. The molecule has 1 aromatic heterocycles. The molecule has 5 heteroatoms. The van der Waals surface area contributed by atoms with Gasteiger partial charge in [0.2, 0.25) is 5.78 Å². The monoisotopic (exact) mass is 195 g/mol. The molecule has 0 spiro atoms. The van der Waals surface area contributed by atoms with E-state index in [0.717, 1.165) is 0 Å². The number of aromatic nitrogens is 2. The standard InChI is InChI=1S/C9H13N3O2/c1-12-3-2-11-9(12)8(13)6-4-14-5-7(6)10/h2-3,6-7H,4-5,10H2,1H3. The Balaban J connectivity index is 2.20. The molecule has 2 atom stereocenters. The summed E-state index contributed by atoms with van der Waals surface area (Å²) in [5, 5.41) is 0. The summed E-state index contributed by atoms with van der Waals surface area (Å²) in [6.45, 7) is 0.869. The van der Waals surface area contributed by atoms with Crippen molar-refractivity contribution >= 4 is 5.78 Å². The third-order valence-electron chi connectivity index (χ3n) is 2.50. The smallest absolute Gasteiger partial charge is 0.205 e. The summed E-state index contributed by atoms with van der Waals surface area (Å²) in [7, 11) is 1.79. The van der Waals surface area contributed by atoms with E-state index < -0.39 is 0 Å². The van der Waals surface area contributed by atoms with Crippen molar-refractivity contribution in [1.82, 2.24) is 9.55 Å². The molecule has 1 aliphatic rings. The van der Waals surface area contributed by atoms with Crippen molar-refractivity contribution in [2.75, 3.05) is 13.2 Å². The first-order valence-corrected chi connectivity index (χ1v) is 4.55. The quantitative estimate of drug-likeness (QED) is 0.650. The van der Waals surface area contributed by atoms with Crippen LogP contribution < -0.4 is 5.73 Å². The maximum atomic E-state index is 11.9. The Kier molecular flexibility index (Phi) is 2.35. The van der Waals surface area contributed by atoms with Crippen molar-refractivity contribution in [3.63, 3.8) is 0 Å². The number of nitrogens with zero attached hydrogens (tertiary/aromatic N) is 2. The number of carbonyl (C=O) groups is 1. The van der Waals surface area contributed by atoms with Crippen LogP contribution in [0.4, 0.5) is 0 Å². The molecule has 0 aliphatic carbocycles. The summed E-state index contributed by atoms with van der Waals surface area (Å²) in [6, 6.07) is -0.195. The second kappa shape index (κ2) is 3.51. The van der Waals surface area contributed by atoms with E-state index in [1.54, 1.807) is 24.0 Å². The largest absolute Gasteiger partial charge is 0.379 e. The van der Waals surface area contributed by atoms with Gasteiger partial charge in [-0.1, -0.05) is 0 Å². The molecule has 1 aromatic rings. The van der Waals surface area contributed by atoms with Crippen LogP contribution >= 0.6 is 0 Å². The van der Waals surface area contributed by atoms with Gasteiger partial charge >= 0.3 is 0 Å². The molecule has 2 unspecified atom stereocenters. The summed E-state index contributed by atoms with van der Waals surface area (Å²) in [4.78, 5) is 15.9.